The van der Waals surface area contributed by atoms with Crippen LogP contribution in [0, 0.1) is 5.92 Å². The summed E-state index contributed by atoms with van der Waals surface area (Å²) in [7, 11) is 0. The van der Waals surface area contributed by atoms with Crippen molar-refractivity contribution < 1.29 is 9.59 Å². The van der Waals surface area contributed by atoms with Gasteiger partial charge in [-0.25, -0.2) is 9.69 Å². The van der Waals surface area contributed by atoms with Crippen LogP contribution in [0.4, 0.5) is 4.79 Å². The predicted molar refractivity (Wildman–Crippen MR) is 85.3 cm³/mol. The van der Waals surface area contributed by atoms with Crippen molar-refractivity contribution in [2.45, 2.75) is 70.3 Å². The number of amides is 3. The zero-order valence-electron chi connectivity index (χ0n) is 13.8. The molecule has 3 fully saturated rings. The summed E-state index contributed by atoms with van der Waals surface area (Å²) in [6.45, 7) is 4.73. The first kappa shape index (κ1) is 15.8. The number of hydrogen-bond acceptors (Lipinski definition) is 3. The first-order chi connectivity index (χ1) is 10.6. The minimum Gasteiger partial charge on any atom is -0.323 e. The molecular formula is C17H29N3O2. The summed E-state index contributed by atoms with van der Waals surface area (Å²) in [4.78, 5) is 29.0. The van der Waals surface area contributed by atoms with Crippen molar-refractivity contribution in [2.24, 2.45) is 5.92 Å². The van der Waals surface area contributed by atoms with E-state index in [1.807, 2.05) is 0 Å². The number of piperidine rings is 1. The molecule has 1 spiro atoms. The van der Waals surface area contributed by atoms with E-state index in [-0.39, 0.29) is 11.9 Å². The molecule has 0 aromatic heterocycles. The Morgan fingerprint density at radius 1 is 1.05 bits per heavy atom. The molecule has 22 heavy (non-hydrogen) atoms. The molecule has 1 saturated carbocycles. The van der Waals surface area contributed by atoms with Gasteiger partial charge in [0.1, 0.15) is 5.54 Å². The second-order valence-corrected chi connectivity index (χ2v) is 7.46. The number of urea groups is 1. The van der Waals surface area contributed by atoms with Gasteiger partial charge in [-0.1, -0.05) is 39.0 Å². The summed E-state index contributed by atoms with van der Waals surface area (Å²) in [5.41, 5.74) is -0.597. The molecule has 1 N–H and O–H groups in total. The van der Waals surface area contributed by atoms with Gasteiger partial charge in [-0.15, -0.1) is 0 Å². The van der Waals surface area contributed by atoms with Gasteiger partial charge in [0.05, 0.1) is 6.67 Å². The maximum atomic E-state index is 12.9. The zero-order chi connectivity index (χ0) is 15.6. The number of nitrogens with one attached hydrogen (secondary N) is 1. The van der Waals surface area contributed by atoms with Crippen LogP contribution in [-0.2, 0) is 4.79 Å². The smallest absolute Gasteiger partial charge is 0.323 e. The standard InChI is InChI=1S/C17H29N3O2/c1-14-7-11-19(12-8-14)13-20-15(21)17(18-16(20)22)9-5-3-2-4-6-10-17/h14H,2-13H2,1H3,(H,18,22). The number of likely N-dealkylation sites (tertiary alicyclic amines) is 1. The third kappa shape index (κ3) is 3.14. The molecule has 2 heterocycles. The molecule has 0 aromatic carbocycles. The van der Waals surface area contributed by atoms with Crippen LogP contribution in [-0.4, -0.2) is 47.0 Å². The summed E-state index contributed by atoms with van der Waals surface area (Å²) in [5.74, 6) is 0.786. The summed E-state index contributed by atoms with van der Waals surface area (Å²) in [5, 5.41) is 3.05. The first-order valence-electron chi connectivity index (χ1n) is 8.97. The summed E-state index contributed by atoms with van der Waals surface area (Å²) in [6.07, 6.45) is 9.64. The van der Waals surface area contributed by atoms with Gasteiger partial charge < -0.3 is 5.32 Å². The van der Waals surface area contributed by atoms with Crippen LogP contribution in [0.15, 0.2) is 0 Å². The third-order valence-corrected chi connectivity index (χ3v) is 5.67. The fourth-order valence-electron chi connectivity index (χ4n) is 4.06. The Morgan fingerprint density at radius 2 is 1.64 bits per heavy atom. The Morgan fingerprint density at radius 3 is 2.27 bits per heavy atom. The normalized spacial score (nSPS) is 27.8. The van der Waals surface area contributed by atoms with E-state index < -0.39 is 5.54 Å². The van der Waals surface area contributed by atoms with Gasteiger partial charge in [-0.2, -0.15) is 0 Å². The highest BCUT2D eigenvalue weighted by molar-refractivity contribution is 6.07. The van der Waals surface area contributed by atoms with Gasteiger partial charge in [-0.05, 0) is 31.6 Å². The molecule has 5 nitrogen and oxygen atoms in total. The van der Waals surface area contributed by atoms with E-state index in [2.05, 4.69) is 17.1 Å². The average Bonchev–Trinajstić information content (AvgIpc) is 2.70. The molecule has 0 atom stereocenters. The summed E-state index contributed by atoms with van der Waals surface area (Å²) in [6, 6.07) is -0.177. The van der Waals surface area contributed by atoms with E-state index in [1.165, 1.54) is 24.2 Å². The van der Waals surface area contributed by atoms with Crippen molar-refractivity contribution in [2.75, 3.05) is 19.8 Å². The summed E-state index contributed by atoms with van der Waals surface area (Å²) >= 11 is 0. The minimum atomic E-state index is -0.597. The van der Waals surface area contributed by atoms with Crippen molar-refractivity contribution in [3.63, 3.8) is 0 Å². The van der Waals surface area contributed by atoms with Gasteiger partial charge in [0.15, 0.2) is 0 Å². The summed E-state index contributed by atoms with van der Waals surface area (Å²) < 4.78 is 0. The molecule has 5 heteroatoms. The highest BCUT2D eigenvalue weighted by atomic mass is 16.2. The number of rotatable bonds is 2. The van der Waals surface area contributed by atoms with Crippen LogP contribution >= 0.6 is 0 Å². The lowest BCUT2D eigenvalue weighted by molar-refractivity contribution is -0.133. The first-order valence-corrected chi connectivity index (χ1v) is 8.97. The average molecular weight is 307 g/mol. The Labute approximate surface area is 133 Å². The van der Waals surface area contributed by atoms with Crippen LogP contribution < -0.4 is 5.32 Å². The van der Waals surface area contributed by atoms with Crippen molar-refractivity contribution in [3.05, 3.63) is 0 Å². The molecule has 3 aliphatic rings. The SMILES string of the molecule is CC1CCN(CN2C(=O)NC3(CCCCCCC3)C2=O)CC1. The lowest BCUT2D eigenvalue weighted by atomic mass is 9.84. The van der Waals surface area contributed by atoms with Crippen LogP contribution in [0.3, 0.4) is 0 Å². The second-order valence-electron chi connectivity index (χ2n) is 7.46. The van der Waals surface area contributed by atoms with Crippen molar-refractivity contribution in [3.8, 4) is 0 Å². The lowest BCUT2D eigenvalue weighted by Gasteiger charge is -2.33. The Hall–Kier alpha value is -1.10. The van der Waals surface area contributed by atoms with Crippen LogP contribution in [0.1, 0.15) is 64.7 Å². The van der Waals surface area contributed by atoms with Gasteiger partial charge in [0, 0.05) is 13.1 Å². The largest absolute Gasteiger partial charge is 0.326 e. The van der Waals surface area contributed by atoms with Crippen LogP contribution in [0.5, 0.6) is 0 Å². The lowest BCUT2D eigenvalue weighted by Crippen LogP contribution is -2.48. The van der Waals surface area contributed by atoms with E-state index in [0.29, 0.717) is 6.67 Å². The number of nitrogens with zero attached hydrogens (tertiary/aromatic N) is 2. The molecule has 0 aromatic rings. The zero-order valence-corrected chi connectivity index (χ0v) is 13.8. The molecule has 3 rings (SSSR count). The van der Waals surface area contributed by atoms with E-state index in [4.69, 9.17) is 0 Å². The van der Waals surface area contributed by atoms with E-state index in [1.54, 1.807) is 0 Å². The topological polar surface area (TPSA) is 52.6 Å². The molecule has 0 bridgehead atoms. The molecule has 124 valence electrons. The minimum absolute atomic E-state index is 0.0259. The Balaban J connectivity index is 1.65. The van der Waals surface area contributed by atoms with E-state index in [9.17, 15) is 9.59 Å². The molecule has 2 aliphatic heterocycles. The predicted octanol–water partition coefficient (Wildman–Crippen LogP) is 2.71. The van der Waals surface area contributed by atoms with Crippen LogP contribution in [0.2, 0.25) is 0 Å². The van der Waals surface area contributed by atoms with Gasteiger partial charge in [0.2, 0.25) is 0 Å². The maximum absolute atomic E-state index is 12.9. The van der Waals surface area contributed by atoms with Gasteiger partial charge >= 0.3 is 6.03 Å². The molecular weight excluding hydrogens is 278 g/mol. The second kappa shape index (κ2) is 6.57. The number of carbonyl (C=O) groups is 2. The number of hydrogen-bond donors (Lipinski definition) is 1. The van der Waals surface area contributed by atoms with Crippen molar-refractivity contribution >= 4 is 11.9 Å². The van der Waals surface area contributed by atoms with Crippen molar-refractivity contribution in [1.82, 2.24) is 15.1 Å². The Kier molecular flexibility index (Phi) is 4.71. The molecule has 0 unspecified atom stereocenters. The monoisotopic (exact) mass is 307 g/mol. The fraction of sp³-hybridized carbons (Fsp3) is 0.882. The van der Waals surface area contributed by atoms with Gasteiger partial charge in [0.25, 0.3) is 5.91 Å². The number of carbonyl (C=O) groups excluding carboxylic acids is 2. The highest BCUT2D eigenvalue weighted by Crippen LogP contribution is 2.32. The highest BCUT2D eigenvalue weighted by Gasteiger charge is 2.50. The van der Waals surface area contributed by atoms with Crippen LogP contribution in [0.25, 0.3) is 0 Å². The third-order valence-electron chi connectivity index (χ3n) is 5.67. The molecule has 1 aliphatic carbocycles. The fourth-order valence-corrected chi connectivity index (χ4v) is 4.06. The Bertz CT molecular complexity index is 422. The van der Waals surface area contributed by atoms with E-state index >= 15 is 0 Å². The molecule has 0 radical (unpaired) electrons. The maximum Gasteiger partial charge on any atom is 0.326 e. The molecule has 2 saturated heterocycles. The number of imide groups is 1. The van der Waals surface area contributed by atoms with E-state index in [0.717, 1.165) is 57.5 Å². The van der Waals surface area contributed by atoms with Crippen molar-refractivity contribution in [1.29, 1.82) is 0 Å². The quantitative estimate of drug-likeness (QED) is 0.798. The molecule has 3 amide bonds. The van der Waals surface area contributed by atoms with Gasteiger partial charge in [-0.3, -0.25) is 9.69 Å².